The van der Waals surface area contributed by atoms with Crippen LogP contribution in [0.4, 0.5) is 5.82 Å². The molecule has 0 spiro atoms. The van der Waals surface area contributed by atoms with Crippen molar-refractivity contribution in [2.24, 2.45) is 0 Å². The van der Waals surface area contributed by atoms with Gasteiger partial charge in [0.2, 0.25) is 5.88 Å². The Balaban J connectivity index is 2.32. The molecule has 0 unspecified atom stereocenters. The van der Waals surface area contributed by atoms with Crippen molar-refractivity contribution in [2.45, 2.75) is 6.61 Å². The highest BCUT2D eigenvalue weighted by atomic mass is 35.5. The van der Waals surface area contributed by atoms with Crippen LogP contribution in [0.2, 0.25) is 10.0 Å². The van der Waals surface area contributed by atoms with Crippen molar-refractivity contribution in [1.82, 2.24) is 9.97 Å². The summed E-state index contributed by atoms with van der Waals surface area (Å²) in [5.41, 5.74) is 0. The Morgan fingerprint density at radius 3 is 2.75 bits per heavy atom. The number of anilines is 1. The van der Waals surface area contributed by atoms with Crippen LogP contribution in [-0.4, -0.2) is 24.1 Å². The second kappa shape index (κ2) is 6.74. The monoisotopic (exact) mass is 313 g/mol. The van der Waals surface area contributed by atoms with Crippen LogP contribution in [0.15, 0.2) is 24.3 Å². The fraction of sp³-hybridized carbons (Fsp3) is 0.231. The molecule has 2 aromatic rings. The molecule has 7 heteroatoms. The highest BCUT2D eigenvalue weighted by Gasteiger charge is 2.10. The molecule has 0 aliphatic carbocycles. The van der Waals surface area contributed by atoms with Gasteiger partial charge in [-0.05, 0) is 12.1 Å². The highest BCUT2D eigenvalue weighted by Crippen LogP contribution is 2.34. The average Bonchev–Trinajstić information content (AvgIpc) is 2.44. The molecule has 0 atom stereocenters. The summed E-state index contributed by atoms with van der Waals surface area (Å²) in [6.07, 6.45) is 0. The van der Waals surface area contributed by atoms with E-state index in [-0.39, 0.29) is 6.61 Å². The summed E-state index contributed by atoms with van der Waals surface area (Å²) in [4.78, 5) is 8.47. The molecule has 0 aliphatic rings. The molecule has 106 valence electrons. The Labute approximate surface area is 126 Å². The summed E-state index contributed by atoms with van der Waals surface area (Å²) in [6, 6.07) is 6.81. The predicted molar refractivity (Wildman–Crippen MR) is 78.8 cm³/mol. The molecule has 0 fully saturated rings. The van der Waals surface area contributed by atoms with Gasteiger partial charge in [0.1, 0.15) is 23.2 Å². The highest BCUT2D eigenvalue weighted by molar-refractivity contribution is 6.42. The summed E-state index contributed by atoms with van der Waals surface area (Å²) in [6.45, 7) is 0.287. The lowest BCUT2D eigenvalue weighted by Crippen LogP contribution is -2.03. The first-order valence-electron chi connectivity index (χ1n) is 5.80. The minimum atomic E-state index is 0.287. The van der Waals surface area contributed by atoms with Crippen molar-refractivity contribution in [1.29, 1.82) is 0 Å². The minimum absolute atomic E-state index is 0.287. The van der Waals surface area contributed by atoms with Gasteiger partial charge in [0.15, 0.2) is 5.82 Å². The third-order valence-electron chi connectivity index (χ3n) is 2.41. The van der Waals surface area contributed by atoms with Crippen LogP contribution in [0.1, 0.15) is 5.82 Å². The number of nitrogens with zero attached hydrogens (tertiary/aromatic N) is 2. The van der Waals surface area contributed by atoms with E-state index < -0.39 is 0 Å². The molecule has 0 saturated carbocycles. The van der Waals surface area contributed by atoms with E-state index in [1.807, 2.05) is 0 Å². The average molecular weight is 314 g/mol. The quantitative estimate of drug-likeness (QED) is 0.910. The molecule has 0 saturated heterocycles. The van der Waals surface area contributed by atoms with Crippen LogP contribution < -0.4 is 10.1 Å². The van der Waals surface area contributed by atoms with Crippen molar-refractivity contribution >= 4 is 29.0 Å². The summed E-state index contributed by atoms with van der Waals surface area (Å²) in [5.74, 6) is 1.93. The van der Waals surface area contributed by atoms with E-state index in [4.69, 9.17) is 32.7 Å². The summed E-state index contributed by atoms with van der Waals surface area (Å²) in [7, 11) is 3.33. The number of benzene rings is 1. The number of halogens is 2. The third-order valence-corrected chi connectivity index (χ3v) is 3.21. The van der Waals surface area contributed by atoms with Crippen LogP contribution >= 0.6 is 23.2 Å². The zero-order valence-electron chi connectivity index (χ0n) is 11.0. The number of rotatable bonds is 5. The molecule has 1 heterocycles. The van der Waals surface area contributed by atoms with E-state index in [1.165, 1.54) is 0 Å². The topological polar surface area (TPSA) is 56.3 Å². The number of ether oxygens (including phenoxy) is 2. The first kappa shape index (κ1) is 14.8. The number of nitrogens with one attached hydrogen (secondary N) is 1. The Morgan fingerprint density at radius 1 is 1.25 bits per heavy atom. The zero-order valence-corrected chi connectivity index (χ0v) is 12.5. The van der Waals surface area contributed by atoms with Gasteiger partial charge in [0, 0.05) is 20.2 Å². The van der Waals surface area contributed by atoms with Crippen molar-refractivity contribution < 1.29 is 9.47 Å². The van der Waals surface area contributed by atoms with Gasteiger partial charge in [-0.15, -0.1) is 0 Å². The summed E-state index contributed by atoms with van der Waals surface area (Å²) in [5, 5.41) is 3.69. The predicted octanol–water partition coefficient (Wildman–Crippen LogP) is 3.76. The maximum Gasteiger partial charge on any atom is 0.224 e. The van der Waals surface area contributed by atoms with Crippen LogP contribution in [0, 0.1) is 0 Å². The Morgan fingerprint density at radius 2 is 2.05 bits per heavy atom. The maximum absolute atomic E-state index is 6.08. The standard InChI is InChI=1S/C13H13Cl2N3O2/c1-16-10-6-12(18-11(17-10)7-19-2)20-9-5-3-4-8(14)13(9)15/h3-6H,7H2,1-2H3,(H,16,17,18). The van der Waals surface area contributed by atoms with Crippen molar-refractivity contribution in [3.05, 3.63) is 40.1 Å². The first-order chi connectivity index (χ1) is 9.63. The normalized spacial score (nSPS) is 10.4. The second-order valence-corrected chi connectivity index (χ2v) is 4.63. The van der Waals surface area contributed by atoms with Gasteiger partial charge >= 0.3 is 0 Å². The molecule has 5 nitrogen and oxygen atoms in total. The molecule has 1 aromatic carbocycles. The molecule has 0 radical (unpaired) electrons. The molecule has 0 amide bonds. The SMILES string of the molecule is CNc1cc(Oc2cccc(Cl)c2Cl)nc(COC)n1. The maximum atomic E-state index is 6.08. The van der Waals surface area contributed by atoms with Gasteiger partial charge < -0.3 is 14.8 Å². The van der Waals surface area contributed by atoms with E-state index in [1.54, 1.807) is 38.4 Å². The lowest BCUT2D eigenvalue weighted by molar-refractivity contribution is 0.177. The van der Waals surface area contributed by atoms with Gasteiger partial charge in [-0.3, -0.25) is 0 Å². The number of methoxy groups -OCH3 is 1. The number of hydrogen-bond donors (Lipinski definition) is 1. The van der Waals surface area contributed by atoms with Gasteiger partial charge in [-0.2, -0.15) is 4.98 Å². The number of aromatic nitrogens is 2. The molecule has 0 bridgehead atoms. The van der Waals surface area contributed by atoms with Crippen molar-refractivity contribution in [3.63, 3.8) is 0 Å². The van der Waals surface area contributed by atoms with Gasteiger partial charge in [-0.25, -0.2) is 4.98 Å². The van der Waals surface area contributed by atoms with Crippen molar-refractivity contribution in [3.8, 4) is 11.6 Å². The Bertz CT molecular complexity index is 608. The molecule has 1 N–H and O–H groups in total. The largest absolute Gasteiger partial charge is 0.437 e. The zero-order chi connectivity index (χ0) is 14.5. The summed E-state index contributed by atoms with van der Waals surface area (Å²) < 4.78 is 10.7. The van der Waals surface area contributed by atoms with E-state index in [2.05, 4.69) is 15.3 Å². The fourth-order valence-electron chi connectivity index (χ4n) is 1.52. The van der Waals surface area contributed by atoms with Crippen LogP contribution in [0.3, 0.4) is 0 Å². The van der Waals surface area contributed by atoms with Crippen LogP contribution in [-0.2, 0) is 11.3 Å². The van der Waals surface area contributed by atoms with Gasteiger partial charge in [-0.1, -0.05) is 29.3 Å². The molecular weight excluding hydrogens is 301 g/mol. The molecule has 0 aliphatic heterocycles. The first-order valence-corrected chi connectivity index (χ1v) is 6.56. The Hall–Kier alpha value is -1.56. The summed E-state index contributed by atoms with van der Waals surface area (Å²) >= 11 is 12.0. The smallest absolute Gasteiger partial charge is 0.224 e. The number of hydrogen-bond acceptors (Lipinski definition) is 5. The van der Waals surface area contributed by atoms with E-state index in [0.29, 0.717) is 33.3 Å². The van der Waals surface area contributed by atoms with Gasteiger partial charge in [0.25, 0.3) is 0 Å². The fourth-order valence-corrected chi connectivity index (χ4v) is 1.85. The van der Waals surface area contributed by atoms with Crippen LogP contribution in [0.5, 0.6) is 11.6 Å². The van der Waals surface area contributed by atoms with E-state index in [9.17, 15) is 0 Å². The molecule has 1 aromatic heterocycles. The molecule has 2 rings (SSSR count). The third kappa shape index (κ3) is 3.50. The molecule has 20 heavy (non-hydrogen) atoms. The van der Waals surface area contributed by atoms with E-state index in [0.717, 1.165) is 0 Å². The van der Waals surface area contributed by atoms with Gasteiger partial charge in [0.05, 0.1) is 5.02 Å². The Kier molecular flexibility index (Phi) is 5.00. The molecular formula is C13H13Cl2N3O2. The second-order valence-electron chi connectivity index (χ2n) is 3.84. The van der Waals surface area contributed by atoms with Crippen LogP contribution in [0.25, 0.3) is 0 Å². The minimum Gasteiger partial charge on any atom is -0.437 e. The van der Waals surface area contributed by atoms with E-state index >= 15 is 0 Å². The lowest BCUT2D eigenvalue weighted by atomic mass is 10.3. The van der Waals surface area contributed by atoms with Crippen molar-refractivity contribution in [2.75, 3.05) is 19.5 Å². The lowest BCUT2D eigenvalue weighted by Gasteiger charge is -2.10.